The molecule has 2 aliphatic heterocycles. The number of nitrogens with zero attached hydrogens (tertiary/aromatic N) is 1. The molecule has 0 spiro atoms. The van der Waals surface area contributed by atoms with E-state index in [0.717, 1.165) is 18.4 Å². The molecule has 2 amide bonds. The first-order chi connectivity index (χ1) is 17.8. The Bertz CT molecular complexity index is 1110. The van der Waals surface area contributed by atoms with E-state index in [1.807, 2.05) is 43.3 Å². The third kappa shape index (κ3) is 5.87. The maximum Gasteiger partial charge on any atom is 0.263 e. The zero-order valence-corrected chi connectivity index (χ0v) is 22.7. The highest BCUT2D eigenvalue weighted by Gasteiger charge is 2.54. The minimum atomic E-state index is -1.31. The van der Waals surface area contributed by atoms with Crippen LogP contribution in [0.5, 0.6) is 11.5 Å². The second-order valence-electron chi connectivity index (χ2n) is 10.0. The van der Waals surface area contributed by atoms with Crippen LogP contribution in [-0.2, 0) is 15.3 Å². The van der Waals surface area contributed by atoms with Crippen molar-refractivity contribution in [2.45, 2.75) is 51.4 Å². The molecule has 2 heterocycles. The first-order valence-electron chi connectivity index (χ1n) is 13.0. The van der Waals surface area contributed by atoms with Crippen LogP contribution in [0.3, 0.4) is 0 Å². The molecule has 2 fully saturated rings. The molecule has 0 aromatic heterocycles. The third-order valence-corrected chi connectivity index (χ3v) is 7.25. The summed E-state index contributed by atoms with van der Waals surface area (Å²) in [7, 11) is 1.60. The molecule has 0 radical (unpaired) electrons. The number of carbonyl (C=O) groups is 2. The number of rotatable bonds is 9. The van der Waals surface area contributed by atoms with Crippen molar-refractivity contribution in [3.63, 3.8) is 0 Å². The van der Waals surface area contributed by atoms with Gasteiger partial charge in [-0.15, -0.1) is 0 Å². The fourth-order valence-electron chi connectivity index (χ4n) is 5.13. The molecule has 0 aliphatic carbocycles. The summed E-state index contributed by atoms with van der Waals surface area (Å²) in [5.41, 5.74) is 0.390. The van der Waals surface area contributed by atoms with Gasteiger partial charge in [0.05, 0.1) is 20.3 Å². The lowest BCUT2D eigenvalue weighted by Crippen LogP contribution is -2.63. The van der Waals surface area contributed by atoms with Crippen molar-refractivity contribution in [2.75, 3.05) is 33.4 Å². The minimum Gasteiger partial charge on any atom is -0.497 e. The Morgan fingerprint density at radius 3 is 2.59 bits per heavy atom. The summed E-state index contributed by atoms with van der Waals surface area (Å²) in [6.07, 6.45) is 1.84. The molecule has 37 heavy (non-hydrogen) atoms. The SMILES string of the molecule is CCOc1cc(OC)ccc1C1(C(=O)N2CCNC(=O)C2)NC(CCC(C)C)C(c2ccc(Cl)cc2)N1. The predicted molar refractivity (Wildman–Crippen MR) is 144 cm³/mol. The van der Waals surface area contributed by atoms with Crippen LogP contribution in [0.1, 0.15) is 50.8 Å². The van der Waals surface area contributed by atoms with Crippen LogP contribution in [0.25, 0.3) is 0 Å². The number of piperazine rings is 1. The highest BCUT2D eigenvalue weighted by atomic mass is 35.5. The number of hydrogen-bond acceptors (Lipinski definition) is 6. The molecule has 2 aliphatic rings. The van der Waals surface area contributed by atoms with Gasteiger partial charge in [-0.3, -0.25) is 20.2 Å². The second kappa shape index (κ2) is 11.7. The largest absolute Gasteiger partial charge is 0.497 e. The van der Waals surface area contributed by atoms with Gasteiger partial charge in [0.15, 0.2) is 5.66 Å². The van der Waals surface area contributed by atoms with Crippen molar-refractivity contribution in [3.05, 3.63) is 58.6 Å². The maximum atomic E-state index is 14.4. The summed E-state index contributed by atoms with van der Waals surface area (Å²) < 4.78 is 11.5. The standard InChI is InChI=1S/C28H37ClN4O4/c1-5-37-24-16-21(36-4)11-12-22(24)28(27(35)33-15-14-30-25(34)17-33)31-23(13-6-18(2)3)26(32-28)19-7-9-20(29)10-8-19/h7-12,16,18,23,26,31-32H,5-6,13-15,17H2,1-4H3,(H,30,34). The molecule has 9 heteroatoms. The predicted octanol–water partition coefficient (Wildman–Crippen LogP) is 3.60. The molecule has 3 unspecified atom stereocenters. The Balaban J connectivity index is 1.84. The first-order valence-corrected chi connectivity index (χ1v) is 13.3. The van der Waals surface area contributed by atoms with Gasteiger partial charge in [-0.05, 0) is 55.5 Å². The van der Waals surface area contributed by atoms with E-state index in [9.17, 15) is 9.59 Å². The van der Waals surface area contributed by atoms with Crippen LogP contribution in [0, 0.1) is 5.92 Å². The Morgan fingerprint density at radius 1 is 1.19 bits per heavy atom. The highest BCUT2D eigenvalue weighted by Crippen LogP contribution is 2.41. The average molecular weight is 529 g/mol. The average Bonchev–Trinajstić information content (AvgIpc) is 3.28. The molecule has 2 saturated heterocycles. The van der Waals surface area contributed by atoms with E-state index in [1.165, 1.54) is 0 Å². The smallest absolute Gasteiger partial charge is 0.263 e. The molecule has 0 bridgehead atoms. The van der Waals surface area contributed by atoms with E-state index in [2.05, 4.69) is 29.8 Å². The topological polar surface area (TPSA) is 91.9 Å². The van der Waals surface area contributed by atoms with E-state index < -0.39 is 5.66 Å². The summed E-state index contributed by atoms with van der Waals surface area (Å²) >= 11 is 6.20. The second-order valence-corrected chi connectivity index (χ2v) is 10.5. The van der Waals surface area contributed by atoms with Crippen LogP contribution in [-0.4, -0.2) is 56.1 Å². The molecule has 200 valence electrons. The molecule has 8 nitrogen and oxygen atoms in total. The molecular formula is C28H37ClN4O4. The molecular weight excluding hydrogens is 492 g/mol. The molecule has 2 aromatic carbocycles. The summed E-state index contributed by atoms with van der Waals surface area (Å²) in [6.45, 7) is 7.57. The fraction of sp³-hybridized carbons (Fsp3) is 0.500. The van der Waals surface area contributed by atoms with Gasteiger partial charge in [-0.25, -0.2) is 0 Å². The summed E-state index contributed by atoms with van der Waals surface area (Å²) in [5, 5.41) is 10.8. The van der Waals surface area contributed by atoms with Crippen molar-refractivity contribution < 1.29 is 19.1 Å². The first kappa shape index (κ1) is 27.2. The van der Waals surface area contributed by atoms with Gasteiger partial charge in [-0.2, -0.15) is 0 Å². The van der Waals surface area contributed by atoms with Gasteiger partial charge in [0, 0.05) is 41.8 Å². The van der Waals surface area contributed by atoms with E-state index in [4.69, 9.17) is 21.1 Å². The van der Waals surface area contributed by atoms with E-state index in [0.29, 0.717) is 47.7 Å². The number of nitrogens with one attached hydrogen (secondary N) is 3. The zero-order chi connectivity index (χ0) is 26.6. The number of halogens is 1. The van der Waals surface area contributed by atoms with Crippen molar-refractivity contribution in [2.24, 2.45) is 5.92 Å². The van der Waals surface area contributed by atoms with Gasteiger partial charge in [0.25, 0.3) is 5.91 Å². The quantitative estimate of drug-likeness (QED) is 0.460. The normalized spacial score (nSPS) is 23.7. The Kier molecular flexibility index (Phi) is 8.62. The van der Waals surface area contributed by atoms with Gasteiger partial charge < -0.3 is 19.7 Å². The molecule has 2 aromatic rings. The lowest BCUT2D eigenvalue weighted by atomic mass is 9.94. The number of amides is 2. The maximum absolute atomic E-state index is 14.4. The lowest BCUT2D eigenvalue weighted by Gasteiger charge is -2.37. The van der Waals surface area contributed by atoms with Gasteiger partial charge in [0.1, 0.15) is 11.5 Å². The zero-order valence-electron chi connectivity index (χ0n) is 22.0. The van der Waals surface area contributed by atoms with Crippen molar-refractivity contribution in [1.82, 2.24) is 20.9 Å². The van der Waals surface area contributed by atoms with Gasteiger partial charge >= 0.3 is 0 Å². The van der Waals surface area contributed by atoms with Crippen LogP contribution in [0.15, 0.2) is 42.5 Å². The fourth-order valence-corrected chi connectivity index (χ4v) is 5.26. The summed E-state index contributed by atoms with van der Waals surface area (Å²) in [6, 6.07) is 13.0. The van der Waals surface area contributed by atoms with Crippen LogP contribution in [0.2, 0.25) is 5.02 Å². The van der Waals surface area contributed by atoms with E-state index in [-0.39, 0.29) is 30.4 Å². The van der Waals surface area contributed by atoms with Gasteiger partial charge in [0.2, 0.25) is 5.91 Å². The van der Waals surface area contributed by atoms with Crippen LogP contribution < -0.4 is 25.4 Å². The molecule has 0 saturated carbocycles. The van der Waals surface area contributed by atoms with E-state index >= 15 is 0 Å². The number of carbonyl (C=O) groups excluding carboxylic acids is 2. The Labute approximate surface area is 224 Å². The van der Waals surface area contributed by atoms with Crippen LogP contribution >= 0.6 is 11.6 Å². The highest BCUT2D eigenvalue weighted by molar-refractivity contribution is 6.30. The number of methoxy groups -OCH3 is 1. The number of ether oxygens (including phenoxy) is 2. The Morgan fingerprint density at radius 2 is 1.95 bits per heavy atom. The van der Waals surface area contributed by atoms with Crippen molar-refractivity contribution in [1.29, 1.82) is 0 Å². The molecule has 3 atom stereocenters. The van der Waals surface area contributed by atoms with Crippen molar-refractivity contribution in [3.8, 4) is 11.5 Å². The van der Waals surface area contributed by atoms with Crippen LogP contribution in [0.4, 0.5) is 0 Å². The monoisotopic (exact) mass is 528 g/mol. The number of hydrogen-bond donors (Lipinski definition) is 3. The third-order valence-electron chi connectivity index (χ3n) is 7.00. The van der Waals surface area contributed by atoms with Crippen molar-refractivity contribution >= 4 is 23.4 Å². The molecule has 3 N–H and O–H groups in total. The van der Waals surface area contributed by atoms with E-state index in [1.54, 1.807) is 18.1 Å². The summed E-state index contributed by atoms with van der Waals surface area (Å²) in [4.78, 5) is 28.3. The minimum absolute atomic E-state index is 0.00629. The number of benzene rings is 2. The van der Waals surface area contributed by atoms with Gasteiger partial charge in [-0.1, -0.05) is 37.6 Å². The summed E-state index contributed by atoms with van der Waals surface area (Å²) in [5.74, 6) is 1.31. The lowest BCUT2D eigenvalue weighted by molar-refractivity contribution is -0.144. The molecule has 4 rings (SSSR count). The Hall–Kier alpha value is -2.81.